The summed E-state index contributed by atoms with van der Waals surface area (Å²) in [6.45, 7) is 6.78. The predicted octanol–water partition coefficient (Wildman–Crippen LogP) is 4.71. The molecule has 8 heteroatoms. The van der Waals surface area contributed by atoms with Gasteiger partial charge in [-0.05, 0) is 30.2 Å². The lowest BCUT2D eigenvalue weighted by Gasteiger charge is -2.14. The quantitative estimate of drug-likeness (QED) is 0.388. The van der Waals surface area contributed by atoms with Crippen LogP contribution in [0.25, 0.3) is 10.9 Å². The van der Waals surface area contributed by atoms with E-state index in [2.05, 4.69) is 19.2 Å². The van der Waals surface area contributed by atoms with Crippen LogP contribution in [0.1, 0.15) is 65.5 Å². The number of rotatable bonds is 11. The van der Waals surface area contributed by atoms with Gasteiger partial charge in [0, 0.05) is 47.3 Å². The molecule has 0 spiro atoms. The molecule has 36 heavy (non-hydrogen) atoms. The maximum Gasteiger partial charge on any atom is 0.337 e. The normalized spacial score (nSPS) is 10.9. The van der Waals surface area contributed by atoms with E-state index in [-0.39, 0.29) is 18.5 Å². The van der Waals surface area contributed by atoms with Crippen LogP contribution in [0.5, 0.6) is 5.75 Å². The number of hydrogen-bond donors (Lipinski definition) is 1. The molecule has 1 N–H and O–H groups in total. The molecule has 2 aromatic carbocycles. The lowest BCUT2D eigenvalue weighted by atomic mass is 10.0. The molecular weight excluding hydrogens is 460 g/mol. The molecule has 0 aliphatic carbocycles. The molecule has 0 atom stereocenters. The smallest absolute Gasteiger partial charge is 0.337 e. The fourth-order valence-corrected chi connectivity index (χ4v) is 4.15. The number of benzene rings is 2. The molecule has 1 heterocycles. The third-order valence-electron chi connectivity index (χ3n) is 6.41. The summed E-state index contributed by atoms with van der Waals surface area (Å²) >= 11 is 0. The lowest BCUT2D eigenvalue weighted by molar-refractivity contribution is -0.142. The van der Waals surface area contributed by atoms with Gasteiger partial charge >= 0.3 is 11.9 Å². The highest BCUT2D eigenvalue weighted by molar-refractivity contribution is 5.98. The van der Waals surface area contributed by atoms with Gasteiger partial charge < -0.3 is 24.1 Å². The van der Waals surface area contributed by atoms with Crippen LogP contribution in [0.3, 0.4) is 0 Å². The molecule has 0 aliphatic heterocycles. The van der Waals surface area contributed by atoms with Gasteiger partial charge in [-0.1, -0.05) is 38.8 Å². The van der Waals surface area contributed by atoms with E-state index in [4.69, 9.17) is 14.2 Å². The Labute approximate surface area is 211 Å². The van der Waals surface area contributed by atoms with Gasteiger partial charge in [0.1, 0.15) is 12.4 Å². The Kier molecular flexibility index (Phi) is 9.11. The van der Waals surface area contributed by atoms with Crippen LogP contribution in [0, 0.1) is 5.92 Å². The molecule has 1 aromatic heterocycles. The molecule has 0 radical (unpaired) electrons. The van der Waals surface area contributed by atoms with Crippen molar-refractivity contribution in [2.45, 2.75) is 46.8 Å². The van der Waals surface area contributed by atoms with Gasteiger partial charge in [-0.25, -0.2) is 4.79 Å². The monoisotopic (exact) mass is 494 g/mol. The summed E-state index contributed by atoms with van der Waals surface area (Å²) < 4.78 is 17.6. The van der Waals surface area contributed by atoms with Crippen LogP contribution < -0.4 is 10.1 Å². The van der Waals surface area contributed by atoms with Gasteiger partial charge in [0.05, 0.1) is 26.3 Å². The Morgan fingerprint density at radius 3 is 2.33 bits per heavy atom. The van der Waals surface area contributed by atoms with Crippen molar-refractivity contribution in [3.8, 4) is 5.75 Å². The number of nitrogens with zero attached hydrogens (tertiary/aromatic N) is 1. The second kappa shape index (κ2) is 12.2. The predicted molar refractivity (Wildman–Crippen MR) is 137 cm³/mol. The number of esters is 2. The second-order valence-corrected chi connectivity index (χ2v) is 8.71. The first-order valence-electron chi connectivity index (χ1n) is 12.1. The third-order valence-corrected chi connectivity index (χ3v) is 6.41. The van der Waals surface area contributed by atoms with E-state index < -0.39 is 5.97 Å². The number of methoxy groups -OCH3 is 2. The Morgan fingerprint density at radius 1 is 0.972 bits per heavy atom. The number of aromatic nitrogens is 1. The van der Waals surface area contributed by atoms with E-state index in [1.165, 1.54) is 14.0 Å². The van der Waals surface area contributed by atoms with Crippen LogP contribution in [0.15, 0.2) is 42.6 Å². The van der Waals surface area contributed by atoms with Gasteiger partial charge in [-0.3, -0.25) is 9.59 Å². The van der Waals surface area contributed by atoms with Crippen molar-refractivity contribution < 1.29 is 28.6 Å². The van der Waals surface area contributed by atoms with Crippen LogP contribution in [0.2, 0.25) is 0 Å². The Bertz CT molecular complexity index is 1240. The minimum absolute atomic E-state index is 0.122. The van der Waals surface area contributed by atoms with Crippen molar-refractivity contribution in [3.63, 3.8) is 0 Å². The topological polar surface area (TPSA) is 95.9 Å². The minimum Gasteiger partial charge on any atom is -0.496 e. The largest absolute Gasteiger partial charge is 0.496 e. The molecule has 8 nitrogen and oxygen atoms in total. The highest BCUT2D eigenvalue weighted by atomic mass is 16.5. The summed E-state index contributed by atoms with van der Waals surface area (Å²) in [6, 6.07) is 10.7. The van der Waals surface area contributed by atoms with Crippen molar-refractivity contribution in [2.24, 2.45) is 5.92 Å². The summed E-state index contributed by atoms with van der Waals surface area (Å²) in [5.41, 5.74) is 3.44. The van der Waals surface area contributed by atoms with Crippen LogP contribution in [0.4, 0.5) is 0 Å². The summed E-state index contributed by atoms with van der Waals surface area (Å²) in [7, 11) is 2.87. The van der Waals surface area contributed by atoms with Gasteiger partial charge in [-0.2, -0.15) is 0 Å². The number of hydrogen-bond acceptors (Lipinski definition) is 6. The molecule has 192 valence electrons. The molecule has 3 aromatic rings. The Balaban J connectivity index is 1.98. The second-order valence-electron chi connectivity index (χ2n) is 8.71. The first kappa shape index (κ1) is 26.8. The summed E-state index contributed by atoms with van der Waals surface area (Å²) in [4.78, 5) is 36.3. The van der Waals surface area contributed by atoms with E-state index in [0.29, 0.717) is 35.9 Å². The highest BCUT2D eigenvalue weighted by Gasteiger charge is 2.17. The van der Waals surface area contributed by atoms with Crippen LogP contribution in [-0.2, 0) is 27.4 Å². The molecule has 0 unspecified atom stereocenters. The molecule has 0 saturated heterocycles. The first-order chi connectivity index (χ1) is 17.3. The zero-order valence-corrected chi connectivity index (χ0v) is 21.6. The van der Waals surface area contributed by atoms with Crippen molar-refractivity contribution >= 4 is 28.7 Å². The molecule has 0 saturated carbocycles. The lowest BCUT2D eigenvalue weighted by Crippen LogP contribution is -2.28. The fourth-order valence-electron chi connectivity index (χ4n) is 4.15. The van der Waals surface area contributed by atoms with Crippen LogP contribution in [-0.4, -0.2) is 43.2 Å². The number of ether oxygens (including phenoxy) is 3. The number of fused-ring (bicyclic) bond motifs is 1. The van der Waals surface area contributed by atoms with Crippen molar-refractivity contribution in [1.29, 1.82) is 0 Å². The van der Waals surface area contributed by atoms with Crippen molar-refractivity contribution in [2.75, 3.05) is 20.8 Å². The molecule has 1 amide bonds. The summed E-state index contributed by atoms with van der Waals surface area (Å²) in [6.07, 6.45) is 3.93. The Hall–Kier alpha value is -3.81. The zero-order chi connectivity index (χ0) is 26.2. The molecule has 0 aliphatic rings. The average molecular weight is 495 g/mol. The minimum atomic E-state index is -0.445. The maximum atomic E-state index is 12.9. The third kappa shape index (κ3) is 6.24. The van der Waals surface area contributed by atoms with Crippen molar-refractivity contribution in [1.82, 2.24) is 9.88 Å². The highest BCUT2D eigenvalue weighted by Crippen LogP contribution is 2.28. The molecule has 0 fully saturated rings. The van der Waals surface area contributed by atoms with Gasteiger partial charge in [0.25, 0.3) is 5.91 Å². The number of carbonyl (C=O) groups excluding carboxylic acids is 3. The van der Waals surface area contributed by atoms with E-state index in [0.717, 1.165) is 34.9 Å². The van der Waals surface area contributed by atoms with E-state index >= 15 is 0 Å². The van der Waals surface area contributed by atoms with E-state index in [1.807, 2.05) is 29.0 Å². The number of carbonyl (C=O) groups is 3. The SMILES string of the molecule is CCC(CC)CNC(=O)c1ccc2c(COC(C)=O)cn(Cc3ccc(C(=O)OC)cc3OC)c2c1. The standard InChI is InChI=1S/C28H34N2O6/c1-6-19(7-2)14-29-27(32)20-10-11-24-23(17-36-18(3)31)16-30(25(24)12-20)15-22-9-8-21(28(33)35-5)13-26(22)34-4/h8-13,16,19H,6-7,14-15,17H2,1-5H3,(H,29,32). The number of nitrogens with one attached hydrogen (secondary N) is 1. The van der Waals surface area contributed by atoms with E-state index in [9.17, 15) is 14.4 Å². The van der Waals surface area contributed by atoms with Gasteiger partial charge in [-0.15, -0.1) is 0 Å². The van der Waals surface area contributed by atoms with Gasteiger partial charge in [0.2, 0.25) is 0 Å². The first-order valence-corrected chi connectivity index (χ1v) is 12.1. The molecule has 0 bridgehead atoms. The molecular formula is C28H34N2O6. The van der Waals surface area contributed by atoms with Crippen LogP contribution >= 0.6 is 0 Å². The summed E-state index contributed by atoms with van der Waals surface area (Å²) in [5.74, 6) is 0.0445. The van der Waals surface area contributed by atoms with Gasteiger partial charge in [0.15, 0.2) is 0 Å². The van der Waals surface area contributed by atoms with Crippen molar-refractivity contribution in [3.05, 3.63) is 64.8 Å². The molecule has 3 rings (SSSR count). The Morgan fingerprint density at radius 2 is 1.69 bits per heavy atom. The summed E-state index contributed by atoms with van der Waals surface area (Å²) in [5, 5.41) is 3.93. The average Bonchev–Trinajstić information content (AvgIpc) is 3.24. The number of amides is 1. The fraction of sp³-hybridized carbons (Fsp3) is 0.393. The zero-order valence-electron chi connectivity index (χ0n) is 21.6. The van der Waals surface area contributed by atoms with E-state index in [1.54, 1.807) is 25.3 Å². The maximum absolute atomic E-state index is 12.9.